The Balaban J connectivity index is 2.35. The number of piperazine rings is 1. The number of halogens is 2. The highest BCUT2D eigenvalue weighted by atomic mass is 35.5. The number of benzene rings is 1. The first kappa shape index (κ1) is 14.6. The lowest BCUT2D eigenvalue weighted by atomic mass is 9.98. The fourth-order valence-electron chi connectivity index (χ4n) is 2.65. The highest BCUT2D eigenvalue weighted by Crippen LogP contribution is 2.38. The van der Waals surface area contributed by atoms with E-state index in [9.17, 15) is 9.50 Å². The van der Waals surface area contributed by atoms with Gasteiger partial charge in [0.15, 0.2) is 11.6 Å². The van der Waals surface area contributed by atoms with Crippen molar-refractivity contribution >= 4 is 11.6 Å². The first-order valence-corrected chi connectivity index (χ1v) is 7.14. The van der Waals surface area contributed by atoms with Gasteiger partial charge in [0.25, 0.3) is 0 Å². The summed E-state index contributed by atoms with van der Waals surface area (Å²) >= 11 is 6.18. The van der Waals surface area contributed by atoms with Crippen LogP contribution < -0.4 is 5.32 Å². The van der Waals surface area contributed by atoms with Gasteiger partial charge in [-0.15, -0.1) is 0 Å². The highest BCUT2D eigenvalue weighted by Gasteiger charge is 2.27. The van der Waals surface area contributed by atoms with Crippen LogP contribution in [-0.2, 0) is 0 Å². The minimum Gasteiger partial charge on any atom is -0.505 e. The summed E-state index contributed by atoms with van der Waals surface area (Å²) in [4.78, 5) is 2.26. The number of hydrogen-bond acceptors (Lipinski definition) is 3. The van der Waals surface area contributed by atoms with Crippen molar-refractivity contribution in [2.24, 2.45) is 0 Å². The smallest absolute Gasteiger partial charge is 0.165 e. The SMILES string of the molecule is CCC[C@@H](c1c(Cl)ccc(F)c1O)N1CCNCC1. The van der Waals surface area contributed by atoms with Crippen molar-refractivity contribution in [1.29, 1.82) is 0 Å². The van der Waals surface area contributed by atoms with Gasteiger partial charge in [0.1, 0.15) is 0 Å². The Bertz CT molecular complexity index is 436. The lowest BCUT2D eigenvalue weighted by Gasteiger charge is -2.35. The third-order valence-corrected chi connectivity index (χ3v) is 3.93. The fourth-order valence-corrected chi connectivity index (χ4v) is 2.93. The maximum absolute atomic E-state index is 13.6. The molecule has 1 saturated heterocycles. The van der Waals surface area contributed by atoms with Crippen molar-refractivity contribution in [3.05, 3.63) is 28.5 Å². The molecule has 1 aromatic rings. The molecular formula is C14H20ClFN2O. The molecule has 0 unspecified atom stereocenters. The van der Waals surface area contributed by atoms with Gasteiger partial charge >= 0.3 is 0 Å². The van der Waals surface area contributed by atoms with E-state index in [1.54, 1.807) is 0 Å². The van der Waals surface area contributed by atoms with Gasteiger partial charge in [-0.05, 0) is 18.6 Å². The maximum atomic E-state index is 13.6. The number of nitrogens with zero attached hydrogens (tertiary/aromatic N) is 1. The third-order valence-electron chi connectivity index (χ3n) is 3.60. The van der Waals surface area contributed by atoms with E-state index in [4.69, 9.17) is 11.6 Å². The first-order chi connectivity index (χ1) is 9.15. The predicted molar refractivity (Wildman–Crippen MR) is 75.2 cm³/mol. The van der Waals surface area contributed by atoms with Crippen LogP contribution in [0.4, 0.5) is 4.39 Å². The van der Waals surface area contributed by atoms with Crippen molar-refractivity contribution in [3.8, 4) is 5.75 Å². The molecule has 1 heterocycles. The Kier molecular flexibility index (Phi) is 5.02. The van der Waals surface area contributed by atoms with Crippen molar-refractivity contribution in [1.82, 2.24) is 10.2 Å². The Morgan fingerprint density at radius 1 is 1.42 bits per heavy atom. The number of phenolic OH excluding ortho intramolecular Hbond substituents is 1. The highest BCUT2D eigenvalue weighted by molar-refractivity contribution is 6.31. The summed E-state index contributed by atoms with van der Waals surface area (Å²) < 4.78 is 13.6. The summed E-state index contributed by atoms with van der Waals surface area (Å²) in [6, 6.07) is 2.72. The van der Waals surface area contributed by atoms with Crippen molar-refractivity contribution < 1.29 is 9.50 Å². The molecule has 2 rings (SSSR count). The minimum absolute atomic E-state index is 0.0182. The quantitative estimate of drug-likeness (QED) is 0.893. The fraction of sp³-hybridized carbons (Fsp3) is 0.571. The summed E-state index contributed by atoms with van der Waals surface area (Å²) in [7, 11) is 0. The van der Waals surface area contributed by atoms with E-state index in [-0.39, 0.29) is 11.8 Å². The molecule has 1 aliphatic heterocycles. The largest absolute Gasteiger partial charge is 0.505 e. The van der Waals surface area contributed by atoms with Crippen LogP contribution >= 0.6 is 11.6 Å². The first-order valence-electron chi connectivity index (χ1n) is 6.76. The Hall–Kier alpha value is -0.840. The molecule has 0 bridgehead atoms. The molecule has 2 N–H and O–H groups in total. The van der Waals surface area contributed by atoms with Crippen LogP contribution in [0.3, 0.4) is 0 Å². The van der Waals surface area contributed by atoms with E-state index in [0.717, 1.165) is 39.0 Å². The zero-order valence-corrected chi connectivity index (χ0v) is 11.9. The Labute approximate surface area is 118 Å². The molecule has 1 fully saturated rings. The van der Waals surface area contributed by atoms with Crippen molar-refractivity contribution in [2.45, 2.75) is 25.8 Å². The lowest BCUT2D eigenvalue weighted by molar-refractivity contribution is 0.161. The number of rotatable bonds is 4. The topological polar surface area (TPSA) is 35.5 Å². The van der Waals surface area contributed by atoms with Gasteiger partial charge in [-0.3, -0.25) is 4.90 Å². The molecule has 0 radical (unpaired) electrons. The molecule has 5 heteroatoms. The third kappa shape index (κ3) is 3.19. The van der Waals surface area contributed by atoms with Gasteiger partial charge in [-0.1, -0.05) is 24.9 Å². The van der Waals surface area contributed by atoms with Crippen LogP contribution in [0.2, 0.25) is 5.02 Å². The van der Waals surface area contributed by atoms with Gasteiger partial charge in [0.05, 0.1) is 0 Å². The van der Waals surface area contributed by atoms with Crippen LogP contribution in [0.15, 0.2) is 12.1 Å². The normalized spacial score (nSPS) is 18.5. The lowest BCUT2D eigenvalue weighted by Crippen LogP contribution is -2.45. The van der Waals surface area contributed by atoms with Crippen LogP contribution in [0.5, 0.6) is 5.75 Å². The van der Waals surface area contributed by atoms with E-state index in [1.807, 2.05) is 0 Å². The second kappa shape index (κ2) is 6.55. The molecule has 0 aliphatic carbocycles. The van der Waals surface area contributed by atoms with Crippen LogP contribution in [0.1, 0.15) is 31.4 Å². The van der Waals surface area contributed by atoms with Gasteiger partial charge in [-0.2, -0.15) is 0 Å². The Morgan fingerprint density at radius 2 is 2.11 bits per heavy atom. The van der Waals surface area contributed by atoms with E-state index in [2.05, 4.69) is 17.1 Å². The van der Waals surface area contributed by atoms with Crippen LogP contribution in [0, 0.1) is 5.82 Å². The van der Waals surface area contributed by atoms with Gasteiger partial charge < -0.3 is 10.4 Å². The van der Waals surface area contributed by atoms with E-state index in [0.29, 0.717) is 10.6 Å². The number of phenols is 1. The van der Waals surface area contributed by atoms with E-state index in [1.165, 1.54) is 12.1 Å². The summed E-state index contributed by atoms with van der Waals surface area (Å²) in [6.07, 6.45) is 1.82. The summed E-state index contributed by atoms with van der Waals surface area (Å²) in [5.41, 5.74) is 0.533. The maximum Gasteiger partial charge on any atom is 0.165 e. The van der Waals surface area contributed by atoms with Gasteiger partial charge in [-0.25, -0.2) is 4.39 Å². The van der Waals surface area contributed by atoms with Crippen molar-refractivity contribution in [2.75, 3.05) is 26.2 Å². The molecule has 1 atom stereocenters. The summed E-state index contributed by atoms with van der Waals surface area (Å²) in [5, 5.41) is 13.7. The predicted octanol–water partition coefficient (Wildman–Crippen LogP) is 2.93. The average molecular weight is 287 g/mol. The molecular weight excluding hydrogens is 267 g/mol. The van der Waals surface area contributed by atoms with Crippen LogP contribution in [0.25, 0.3) is 0 Å². The van der Waals surface area contributed by atoms with Crippen molar-refractivity contribution in [3.63, 3.8) is 0 Å². The average Bonchev–Trinajstić information content (AvgIpc) is 2.43. The minimum atomic E-state index is -0.601. The molecule has 1 aromatic carbocycles. The molecule has 1 aliphatic rings. The standard InChI is InChI=1S/C14H20ClFN2O/c1-2-3-12(18-8-6-17-7-9-18)13-10(15)4-5-11(16)14(13)19/h4-5,12,17,19H,2-3,6-9H2,1H3/t12-/m0/s1. The second-order valence-electron chi connectivity index (χ2n) is 4.88. The van der Waals surface area contributed by atoms with Gasteiger partial charge in [0, 0.05) is 42.8 Å². The zero-order chi connectivity index (χ0) is 13.8. The summed E-state index contributed by atoms with van der Waals surface area (Å²) in [6.45, 7) is 5.68. The molecule has 106 valence electrons. The van der Waals surface area contributed by atoms with E-state index >= 15 is 0 Å². The number of aromatic hydroxyl groups is 1. The molecule has 0 amide bonds. The summed E-state index contributed by atoms with van der Waals surface area (Å²) in [5.74, 6) is -0.903. The van der Waals surface area contributed by atoms with E-state index < -0.39 is 5.82 Å². The van der Waals surface area contributed by atoms with Crippen LogP contribution in [-0.4, -0.2) is 36.2 Å². The number of hydrogen-bond donors (Lipinski definition) is 2. The molecule has 0 aromatic heterocycles. The molecule has 0 spiro atoms. The molecule has 19 heavy (non-hydrogen) atoms. The molecule has 0 saturated carbocycles. The monoisotopic (exact) mass is 286 g/mol. The second-order valence-corrected chi connectivity index (χ2v) is 5.29. The Morgan fingerprint density at radius 3 is 2.74 bits per heavy atom. The number of nitrogens with one attached hydrogen (secondary N) is 1. The molecule has 3 nitrogen and oxygen atoms in total. The zero-order valence-electron chi connectivity index (χ0n) is 11.1. The van der Waals surface area contributed by atoms with Gasteiger partial charge in [0.2, 0.25) is 0 Å².